The molecule has 0 saturated heterocycles. The number of aryl methyl sites for hydroxylation is 1. The number of nitrogens with zero attached hydrogens (tertiary/aromatic N) is 6. The predicted octanol–water partition coefficient (Wildman–Crippen LogP) is 4.22. The summed E-state index contributed by atoms with van der Waals surface area (Å²) in [6.45, 7) is 2.27. The maximum Gasteiger partial charge on any atom is 0.236 e. The van der Waals surface area contributed by atoms with E-state index in [4.69, 9.17) is 9.84 Å². The average molecular weight is 398 g/mol. The van der Waals surface area contributed by atoms with Gasteiger partial charge in [0.1, 0.15) is 6.61 Å². The molecule has 7 heteroatoms. The van der Waals surface area contributed by atoms with E-state index in [1.807, 2.05) is 41.8 Å². The van der Waals surface area contributed by atoms with Gasteiger partial charge in [0.05, 0.1) is 17.6 Å². The molecule has 0 atom stereocenters. The molecule has 3 heterocycles. The molecular formula is C23H22N6O. The second-order valence-corrected chi connectivity index (χ2v) is 8.24. The third-order valence-corrected chi connectivity index (χ3v) is 6.36. The lowest BCUT2D eigenvalue weighted by Gasteiger charge is -2.38. The SMILES string of the molecule is Cc1cnc(COc2nn3c(-c4ccccc4)nnc3c3c2C2CCC3CC2)cn1. The minimum atomic E-state index is 0.346. The molecule has 7 nitrogen and oxygen atoms in total. The number of ether oxygens (including phenoxy) is 1. The van der Waals surface area contributed by atoms with Crippen LogP contribution in [-0.4, -0.2) is 29.8 Å². The van der Waals surface area contributed by atoms with Gasteiger partial charge in [-0.15, -0.1) is 15.3 Å². The Labute approximate surface area is 174 Å². The Morgan fingerprint density at radius 3 is 2.43 bits per heavy atom. The zero-order valence-electron chi connectivity index (χ0n) is 16.8. The molecule has 1 saturated carbocycles. The van der Waals surface area contributed by atoms with Crippen molar-refractivity contribution in [3.05, 3.63) is 65.2 Å². The highest BCUT2D eigenvalue weighted by molar-refractivity contribution is 5.65. The molecule has 1 aromatic carbocycles. The second-order valence-electron chi connectivity index (χ2n) is 8.24. The van der Waals surface area contributed by atoms with E-state index >= 15 is 0 Å². The molecule has 150 valence electrons. The molecule has 1 fully saturated rings. The van der Waals surface area contributed by atoms with E-state index < -0.39 is 0 Å². The van der Waals surface area contributed by atoms with Crippen LogP contribution in [0, 0.1) is 6.92 Å². The van der Waals surface area contributed by atoms with E-state index in [1.54, 1.807) is 12.4 Å². The van der Waals surface area contributed by atoms with Crippen molar-refractivity contribution in [3.8, 4) is 17.3 Å². The highest BCUT2D eigenvalue weighted by atomic mass is 16.5. The summed E-state index contributed by atoms with van der Waals surface area (Å²) in [5.41, 5.74) is 6.08. The number of benzene rings is 1. The van der Waals surface area contributed by atoms with Crippen LogP contribution in [0.3, 0.4) is 0 Å². The van der Waals surface area contributed by atoms with Crippen LogP contribution in [0.1, 0.15) is 60.0 Å². The van der Waals surface area contributed by atoms with Gasteiger partial charge in [0.15, 0.2) is 11.5 Å². The van der Waals surface area contributed by atoms with Gasteiger partial charge in [-0.2, -0.15) is 4.52 Å². The van der Waals surface area contributed by atoms with Crippen LogP contribution in [-0.2, 0) is 6.61 Å². The summed E-state index contributed by atoms with van der Waals surface area (Å²) < 4.78 is 8.13. The summed E-state index contributed by atoms with van der Waals surface area (Å²) in [7, 11) is 0. The molecule has 30 heavy (non-hydrogen) atoms. The predicted molar refractivity (Wildman–Crippen MR) is 111 cm³/mol. The van der Waals surface area contributed by atoms with Crippen LogP contribution in [0.25, 0.3) is 17.0 Å². The van der Waals surface area contributed by atoms with Gasteiger partial charge >= 0.3 is 0 Å². The Kier molecular flexibility index (Phi) is 4.00. The summed E-state index contributed by atoms with van der Waals surface area (Å²) in [5.74, 6) is 2.42. The molecule has 7 rings (SSSR count). The van der Waals surface area contributed by atoms with Crippen molar-refractivity contribution in [1.29, 1.82) is 0 Å². The van der Waals surface area contributed by atoms with E-state index in [-0.39, 0.29) is 0 Å². The molecule has 3 aliphatic carbocycles. The maximum absolute atomic E-state index is 6.26. The number of rotatable bonds is 4. The zero-order chi connectivity index (χ0) is 20.1. The van der Waals surface area contributed by atoms with Crippen molar-refractivity contribution in [2.45, 2.75) is 51.0 Å². The van der Waals surface area contributed by atoms with Crippen molar-refractivity contribution in [2.75, 3.05) is 0 Å². The van der Waals surface area contributed by atoms with Gasteiger partial charge in [0.25, 0.3) is 0 Å². The quantitative estimate of drug-likeness (QED) is 0.512. The van der Waals surface area contributed by atoms with Crippen LogP contribution in [0.4, 0.5) is 0 Å². The first kappa shape index (κ1) is 17.5. The largest absolute Gasteiger partial charge is 0.470 e. The molecular weight excluding hydrogens is 376 g/mol. The van der Waals surface area contributed by atoms with Gasteiger partial charge in [0, 0.05) is 22.9 Å². The topological polar surface area (TPSA) is 78.1 Å². The Morgan fingerprint density at radius 1 is 0.933 bits per heavy atom. The molecule has 0 radical (unpaired) electrons. The van der Waals surface area contributed by atoms with Crippen molar-refractivity contribution in [1.82, 2.24) is 29.8 Å². The number of hydrogen-bond acceptors (Lipinski definition) is 6. The third-order valence-electron chi connectivity index (χ3n) is 6.36. The normalized spacial score (nSPS) is 19.8. The van der Waals surface area contributed by atoms with E-state index in [0.717, 1.165) is 28.4 Å². The highest BCUT2D eigenvalue weighted by Gasteiger charge is 2.39. The fraction of sp³-hybridized carbons (Fsp3) is 0.348. The van der Waals surface area contributed by atoms with Crippen molar-refractivity contribution in [2.24, 2.45) is 0 Å². The Hall–Kier alpha value is -3.35. The summed E-state index contributed by atoms with van der Waals surface area (Å²) in [4.78, 5) is 8.75. The molecule has 3 aliphatic rings. The molecule has 2 bridgehead atoms. The standard InChI is InChI=1S/C23H22N6O/c1-14-11-25-18(12-24-14)13-30-23-20-16-9-7-15(8-10-16)19(20)22-27-26-21(29(22)28-23)17-5-3-2-4-6-17/h2-6,11-12,15-16H,7-10,13H2,1H3. The average Bonchev–Trinajstić information content (AvgIpc) is 3.24. The van der Waals surface area contributed by atoms with Crippen LogP contribution in [0.15, 0.2) is 42.7 Å². The summed E-state index contributed by atoms with van der Waals surface area (Å²) in [6.07, 6.45) is 8.31. The first-order valence-corrected chi connectivity index (χ1v) is 10.5. The fourth-order valence-electron chi connectivity index (χ4n) is 4.90. The lowest BCUT2D eigenvalue weighted by molar-refractivity contribution is 0.264. The van der Waals surface area contributed by atoms with Gasteiger partial charge in [0.2, 0.25) is 5.88 Å². The Bertz CT molecular complexity index is 1210. The number of aromatic nitrogens is 6. The molecule has 4 aromatic rings. The van der Waals surface area contributed by atoms with Crippen LogP contribution < -0.4 is 4.74 Å². The van der Waals surface area contributed by atoms with Gasteiger partial charge in [-0.25, -0.2) is 0 Å². The van der Waals surface area contributed by atoms with Crippen molar-refractivity contribution >= 4 is 5.65 Å². The fourth-order valence-corrected chi connectivity index (χ4v) is 4.90. The number of fused-ring (bicyclic) bond motifs is 3. The van der Waals surface area contributed by atoms with Gasteiger partial charge in [-0.3, -0.25) is 9.97 Å². The van der Waals surface area contributed by atoms with E-state index in [9.17, 15) is 0 Å². The van der Waals surface area contributed by atoms with Crippen molar-refractivity contribution < 1.29 is 4.74 Å². The Morgan fingerprint density at radius 2 is 1.70 bits per heavy atom. The minimum absolute atomic E-state index is 0.346. The van der Waals surface area contributed by atoms with Crippen LogP contribution in [0.2, 0.25) is 0 Å². The summed E-state index contributed by atoms with van der Waals surface area (Å²) in [6, 6.07) is 10.1. The minimum Gasteiger partial charge on any atom is -0.470 e. The lowest BCUT2D eigenvalue weighted by atomic mass is 9.67. The number of hydrogen-bond donors (Lipinski definition) is 0. The smallest absolute Gasteiger partial charge is 0.236 e. The van der Waals surface area contributed by atoms with Gasteiger partial charge in [-0.1, -0.05) is 30.3 Å². The van der Waals surface area contributed by atoms with E-state index in [0.29, 0.717) is 24.3 Å². The Balaban J connectivity index is 1.49. The molecule has 0 amide bonds. The van der Waals surface area contributed by atoms with Crippen LogP contribution in [0.5, 0.6) is 5.88 Å². The molecule has 0 unspecified atom stereocenters. The van der Waals surface area contributed by atoms with Crippen LogP contribution >= 0.6 is 0 Å². The molecule has 0 spiro atoms. The van der Waals surface area contributed by atoms with Crippen molar-refractivity contribution in [3.63, 3.8) is 0 Å². The first-order chi connectivity index (χ1) is 14.8. The first-order valence-electron chi connectivity index (χ1n) is 10.5. The lowest BCUT2D eigenvalue weighted by Crippen LogP contribution is -2.25. The highest BCUT2D eigenvalue weighted by Crippen LogP contribution is 2.53. The summed E-state index contributed by atoms with van der Waals surface area (Å²) >= 11 is 0. The molecule has 0 N–H and O–H groups in total. The van der Waals surface area contributed by atoms with E-state index in [2.05, 4.69) is 20.2 Å². The third kappa shape index (κ3) is 2.76. The van der Waals surface area contributed by atoms with E-state index in [1.165, 1.54) is 36.8 Å². The van der Waals surface area contributed by atoms with Gasteiger partial charge < -0.3 is 4.74 Å². The molecule has 0 aliphatic heterocycles. The summed E-state index contributed by atoms with van der Waals surface area (Å²) in [5, 5.41) is 14.0. The maximum atomic E-state index is 6.26. The van der Waals surface area contributed by atoms with Gasteiger partial charge in [-0.05, 0) is 44.4 Å². The molecule has 3 aromatic heterocycles. The zero-order valence-corrected chi connectivity index (χ0v) is 16.8. The second kappa shape index (κ2) is 6.86. The monoisotopic (exact) mass is 398 g/mol.